The predicted octanol–water partition coefficient (Wildman–Crippen LogP) is 1.83. The molecule has 9 nitrogen and oxygen atoms in total. The van der Waals surface area contributed by atoms with E-state index in [1.54, 1.807) is 0 Å². The molecule has 0 saturated carbocycles. The minimum atomic E-state index is -0.610. The summed E-state index contributed by atoms with van der Waals surface area (Å²) in [6, 6.07) is 5.26. The van der Waals surface area contributed by atoms with Crippen LogP contribution in [-0.4, -0.2) is 44.8 Å². The molecule has 0 unspecified atom stereocenters. The van der Waals surface area contributed by atoms with Crippen LogP contribution >= 0.6 is 11.8 Å². The highest BCUT2D eigenvalue weighted by molar-refractivity contribution is 8.14. The van der Waals surface area contributed by atoms with Crippen molar-refractivity contribution >= 4 is 34.6 Å². The normalized spacial score (nSPS) is 19.2. The second kappa shape index (κ2) is 8.65. The third-order valence-corrected chi connectivity index (χ3v) is 4.90. The van der Waals surface area contributed by atoms with E-state index in [0.717, 1.165) is 11.8 Å². The van der Waals surface area contributed by atoms with E-state index in [2.05, 4.69) is 0 Å². The molecule has 0 aliphatic carbocycles. The number of thioether (sulfide) groups is 1. The van der Waals surface area contributed by atoms with E-state index in [-0.39, 0.29) is 29.1 Å². The zero-order valence-corrected chi connectivity index (χ0v) is 14.9. The van der Waals surface area contributed by atoms with Gasteiger partial charge in [-0.1, -0.05) is 11.8 Å². The van der Waals surface area contributed by atoms with Crippen molar-refractivity contribution in [2.75, 3.05) is 6.54 Å². The van der Waals surface area contributed by atoms with Crippen molar-refractivity contribution in [3.05, 3.63) is 39.9 Å². The Morgan fingerprint density at radius 1 is 1.35 bits per heavy atom. The number of nitrogens with two attached hydrogens (primary N) is 1. The van der Waals surface area contributed by atoms with Crippen LogP contribution in [0.25, 0.3) is 0 Å². The highest BCUT2D eigenvalue weighted by atomic mass is 32.2. The Morgan fingerprint density at radius 3 is 2.54 bits per heavy atom. The maximum absolute atomic E-state index is 12.4. The summed E-state index contributed by atoms with van der Waals surface area (Å²) in [6.45, 7) is 1.69. The van der Waals surface area contributed by atoms with Crippen molar-refractivity contribution in [3.63, 3.8) is 0 Å². The van der Waals surface area contributed by atoms with Gasteiger partial charge in [-0.25, -0.2) is 4.79 Å². The first-order valence-electron chi connectivity index (χ1n) is 7.88. The third-order valence-electron chi connectivity index (χ3n) is 3.89. The lowest BCUT2D eigenvalue weighted by Crippen LogP contribution is -2.38. The molecule has 26 heavy (non-hydrogen) atoms. The topological polar surface area (TPSA) is 133 Å². The molecule has 1 aromatic rings. The highest BCUT2D eigenvalue weighted by Crippen LogP contribution is 2.30. The number of carbonyl (C=O) groups is 3. The first-order chi connectivity index (χ1) is 12.3. The summed E-state index contributed by atoms with van der Waals surface area (Å²) in [6.07, 6.45) is -0.122. The van der Waals surface area contributed by atoms with Gasteiger partial charge in [-0.3, -0.25) is 19.7 Å². The molecule has 2 N–H and O–H groups in total. The molecule has 0 spiro atoms. The number of ether oxygens (including phenoxy) is 1. The number of hydrogen-bond acceptors (Lipinski definition) is 7. The van der Waals surface area contributed by atoms with Crippen molar-refractivity contribution in [1.82, 2.24) is 4.90 Å². The van der Waals surface area contributed by atoms with Crippen LogP contribution in [0.1, 0.15) is 25.3 Å². The minimum Gasteiger partial charge on any atom is -0.445 e. The molecular weight excluding hydrogens is 362 g/mol. The quantitative estimate of drug-likeness (QED) is 0.587. The van der Waals surface area contributed by atoms with Crippen LogP contribution in [0, 0.1) is 10.1 Å². The number of primary amides is 1. The lowest BCUT2D eigenvalue weighted by atomic mass is 10.1. The molecule has 1 saturated heterocycles. The van der Waals surface area contributed by atoms with Gasteiger partial charge in [0.15, 0.2) is 5.12 Å². The molecule has 10 heteroatoms. The first kappa shape index (κ1) is 19.7. The molecule has 1 aliphatic rings. The van der Waals surface area contributed by atoms with E-state index in [0.29, 0.717) is 18.5 Å². The smallest absolute Gasteiger partial charge is 0.410 e. The van der Waals surface area contributed by atoms with Crippen LogP contribution in [0.2, 0.25) is 0 Å². The van der Waals surface area contributed by atoms with Crippen molar-refractivity contribution in [2.45, 2.75) is 37.7 Å². The summed E-state index contributed by atoms with van der Waals surface area (Å²) in [5.74, 6) is -0.531. The minimum absolute atomic E-state index is 0.00158. The van der Waals surface area contributed by atoms with E-state index in [4.69, 9.17) is 10.5 Å². The molecule has 1 heterocycles. The Hall–Kier alpha value is -2.62. The maximum atomic E-state index is 12.4. The summed E-state index contributed by atoms with van der Waals surface area (Å²) in [4.78, 5) is 46.4. The Kier molecular flexibility index (Phi) is 6.56. The Balaban J connectivity index is 1.97. The molecule has 0 radical (unpaired) electrons. The van der Waals surface area contributed by atoms with Gasteiger partial charge in [0, 0.05) is 43.3 Å². The highest BCUT2D eigenvalue weighted by Gasteiger charge is 2.37. The van der Waals surface area contributed by atoms with Gasteiger partial charge in [0.25, 0.3) is 5.69 Å². The fourth-order valence-corrected chi connectivity index (χ4v) is 3.81. The summed E-state index contributed by atoms with van der Waals surface area (Å²) in [5, 5.41) is 10.5. The van der Waals surface area contributed by atoms with Crippen molar-refractivity contribution in [2.24, 2.45) is 5.73 Å². The number of nitro benzene ring substituents is 1. The van der Waals surface area contributed by atoms with Gasteiger partial charge in [-0.2, -0.15) is 0 Å². The van der Waals surface area contributed by atoms with Crippen LogP contribution < -0.4 is 5.73 Å². The van der Waals surface area contributed by atoms with Gasteiger partial charge in [0.2, 0.25) is 5.91 Å². The fourth-order valence-electron chi connectivity index (χ4n) is 2.79. The predicted molar refractivity (Wildman–Crippen MR) is 94.3 cm³/mol. The lowest BCUT2D eigenvalue weighted by molar-refractivity contribution is -0.384. The standard InChI is InChI=1S/C16H19N3O6S/c1-10(20)26-14-6-13(7-15(17)21)18(8-14)16(22)25-9-11-2-4-12(5-3-11)19(23)24/h2-5,13-14H,6-9H2,1H3,(H2,17,21)/t13-,14-/m0/s1. The van der Waals surface area contributed by atoms with E-state index in [1.165, 1.54) is 36.1 Å². The number of amides is 2. The van der Waals surface area contributed by atoms with E-state index >= 15 is 0 Å². The number of rotatable bonds is 6. The number of benzene rings is 1. The van der Waals surface area contributed by atoms with Crippen LogP contribution in [0.3, 0.4) is 0 Å². The summed E-state index contributed by atoms with van der Waals surface area (Å²) < 4.78 is 5.25. The van der Waals surface area contributed by atoms with Crippen LogP contribution in [-0.2, 0) is 20.9 Å². The lowest BCUT2D eigenvalue weighted by Gasteiger charge is -2.22. The molecule has 1 aliphatic heterocycles. The molecule has 0 bridgehead atoms. The number of carbonyl (C=O) groups excluding carboxylic acids is 3. The molecule has 2 atom stereocenters. The van der Waals surface area contributed by atoms with Gasteiger partial charge in [0.1, 0.15) is 6.61 Å². The third kappa shape index (κ3) is 5.45. The van der Waals surface area contributed by atoms with Crippen molar-refractivity contribution in [3.8, 4) is 0 Å². The Bertz CT molecular complexity index is 708. The Labute approximate surface area is 154 Å². The van der Waals surface area contributed by atoms with Gasteiger partial charge in [-0.15, -0.1) is 0 Å². The molecular formula is C16H19N3O6S. The Morgan fingerprint density at radius 2 is 2.00 bits per heavy atom. The van der Waals surface area contributed by atoms with Gasteiger partial charge in [0.05, 0.1) is 4.92 Å². The van der Waals surface area contributed by atoms with Crippen LogP contribution in [0.5, 0.6) is 0 Å². The monoisotopic (exact) mass is 381 g/mol. The van der Waals surface area contributed by atoms with Crippen LogP contribution in [0.15, 0.2) is 24.3 Å². The molecule has 1 aromatic carbocycles. The van der Waals surface area contributed by atoms with E-state index in [9.17, 15) is 24.5 Å². The average molecular weight is 381 g/mol. The second-order valence-corrected chi connectivity index (χ2v) is 7.40. The molecule has 1 fully saturated rings. The summed E-state index contributed by atoms with van der Waals surface area (Å²) in [7, 11) is 0. The average Bonchev–Trinajstić information content (AvgIpc) is 2.93. The molecule has 2 rings (SSSR count). The number of hydrogen-bond donors (Lipinski definition) is 1. The number of non-ortho nitro benzene ring substituents is 1. The molecule has 2 amide bonds. The SMILES string of the molecule is CC(=O)S[C@H]1C[C@@H](CC(N)=O)N(C(=O)OCc2ccc([N+](=O)[O-])cc2)C1. The van der Waals surface area contributed by atoms with Gasteiger partial charge < -0.3 is 15.4 Å². The van der Waals surface area contributed by atoms with Gasteiger partial charge in [-0.05, 0) is 24.1 Å². The van der Waals surface area contributed by atoms with Crippen molar-refractivity contribution < 1.29 is 24.0 Å². The fraction of sp³-hybridized carbons (Fsp3) is 0.438. The van der Waals surface area contributed by atoms with Gasteiger partial charge >= 0.3 is 6.09 Å². The van der Waals surface area contributed by atoms with Crippen molar-refractivity contribution in [1.29, 1.82) is 0 Å². The van der Waals surface area contributed by atoms with Crippen LogP contribution in [0.4, 0.5) is 10.5 Å². The second-order valence-electron chi connectivity index (χ2n) is 5.92. The summed E-state index contributed by atoms with van der Waals surface area (Å²) in [5.41, 5.74) is 5.79. The first-order valence-corrected chi connectivity index (χ1v) is 8.76. The number of nitro groups is 1. The molecule has 0 aromatic heterocycles. The number of nitrogens with zero attached hydrogens (tertiary/aromatic N) is 2. The zero-order valence-electron chi connectivity index (χ0n) is 14.1. The van der Waals surface area contributed by atoms with E-state index < -0.39 is 23.0 Å². The summed E-state index contributed by atoms with van der Waals surface area (Å²) >= 11 is 1.13. The largest absolute Gasteiger partial charge is 0.445 e. The molecule has 140 valence electrons. The van der Waals surface area contributed by atoms with E-state index in [1.807, 2.05) is 0 Å². The maximum Gasteiger partial charge on any atom is 0.410 e. The number of likely N-dealkylation sites (tertiary alicyclic amines) is 1. The zero-order chi connectivity index (χ0) is 19.3.